The molecular weight excluding hydrogens is 250 g/mol. The Labute approximate surface area is 109 Å². The van der Waals surface area contributed by atoms with Gasteiger partial charge in [-0.25, -0.2) is 4.98 Å². The molecule has 2 rings (SSSR count). The smallest absolute Gasteiger partial charge is 0.280 e. The minimum atomic E-state index is -0.386. The van der Waals surface area contributed by atoms with E-state index in [2.05, 4.69) is 21.5 Å². The number of anilines is 1. The Balaban J connectivity index is 0.000000550. The van der Waals surface area contributed by atoms with Crippen LogP contribution in [0.5, 0.6) is 0 Å². The van der Waals surface area contributed by atoms with Gasteiger partial charge in [-0.05, 0) is 6.92 Å². The average molecular weight is 267 g/mol. The van der Waals surface area contributed by atoms with Gasteiger partial charge in [-0.15, -0.1) is 6.58 Å². The summed E-state index contributed by atoms with van der Waals surface area (Å²) in [6, 6.07) is 0. The molecule has 0 fully saturated rings. The van der Waals surface area contributed by atoms with Crippen molar-refractivity contribution >= 4 is 17.1 Å². The number of rotatable bonds is 4. The van der Waals surface area contributed by atoms with Crippen molar-refractivity contribution in [3.63, 3.8) is 0 Å². The van der Waals surface area contributed by atoms with Crippen LogP contribution in [0, 0.1) is 0 Å². The molecule has 0 spiro atoms. The number of nitrogens with one attached hydrogen (secondary N) is 1. The summed E-state index contributed by atoms with van der Waals surface area (Å²) in [5, 5.41) is 8.56. The number of H-pyrrole nitrogens is 1. The van der Waals surface area contributed by atoms with Crippen molar-refractivity contribution in [1.82, 2.24) is 19.5 Å². The van der Waals surface area contributed by atoms with Crippen LogP contribution in [0.15, 0.2) is 23.8 Å². The van der Waals surface area contributed by atoms with Gasteiger partial charge in [0.15, 0.2) is 11.2 Å². The molecule has 0 aromatic carbocycles. The van der Waals surface area contributed by atoms with Crippen LogP contribution in [0.1, 0.15) is 6.92 Å². The predicted molar refractivity (Wildman–Crippen MR) is 71.5 cm³/mol. The number of imidazole rings is 1. The fourth-order valence-corrected chi connectivity index (χ4v) is 1.29. The molecule has 0 saturated heterocycles. The summed E-state index contributed by atoms with van der Waals surface area (Å²) >= 11 is 0. The van der Waals surface area contributed by atoms with Crippen LogP contribution >= 0.6 is 0 Å². The van der Waals surface area contributed by atoms with Gasteiger partial charge in [0.05, 0.1) is 19.5 Å². The highest BCUT2D eigenvalue weighted by atomic mass is 16.5. The van der Waals surface area contributed by atoms with E-state index >= 15 is 0 Å². The lowest BCUT2D eigenvalue weighted by Crippen LogP contribution is -2.13. The first-order valence-electron chi connectivity index (χ1n) is 5.60. The number of allylic oxidation sites excluding steroid dienone is 1. The van der Waals surface area contributed by atoms with Gasteiger partial charge in [0.25, 0.3) is 5.56 Å². The van der Waals surface area contributed by atoms with Crippen molar-refractivity contribution in [3.05, 3.63) is 29.3 Å². The van der Waals surface area contributed by atoms with Crippen molar-refractivity contribution < 1.29 is 9.84 Å². The summed E-state index contributed by atoms with van der Waals surface area (Å²) in [6.07, 6.45) is 3.18. The van der Waals surface area contributed by atoms with Gasteiger partial charge in [0.1, 0.15) is 6.73 Å². The zero-order chi connectivity index (χ0) is 14.3. The van der Waals surface area contributed by atoms with Crippen LogP contribution in [-0.2, 0) is 11.5 Å². The maximum Gasteiger partial charge on any atom is 0.280 e. The van der Waals surface area contributed by atoms with E-state index in [0.717, 1.165) is 0 Å². The molecule has 0 unspecified atom stereocenters. The zero-order valence-electron chi connectivity index (χ0n) is 10.7. The van der Waals surface area contributed by atoms with E-state index in [1.54, 1.807) is 6.08 Å². The lowest BCUT2D eigenvalue weighted by Gasteiger charge is -2.03. The summed E-state index contributed by atoms with van der Waals surface area (Å²) < 4.78 is 6.63. The summed E-state index contributed by atoms with van der Waals surface area (Å²) in [5.41, 5.74) is 5.60. The number of aromatic amines is 1. The molecule has 8 heteroatoms. The monoisotopic (exact) mass is 267 g/mol. The van der Waals surface area contributed by atoms with E-state index in [0.29, 0.717) is 5.65 Å². The summed E-state index contributed by atoms with van der Waals surface area (Å²) in [6.45, 7) is 5.55. The van der Waals surface area contributed by atoms with Gasteiger partial charge < -0.3 is 15.6 Å². The van der Waals surface area contributed by atoms with E-state index in [1.165, 1.54) is 10.9 Å². The Morgan fingerprint density at radius 1 is 1.68 bits per heavy atom. The fourth-order valence-electron chi connectivity index (χ4n) is 1.29. The Bertz CT molecular complexity index is 590. The second-order valence-electron chi connectivity index (χ2n) is 3.51. The third-order valence-corrected chi connectivity index (χ3v) is 1.96. The highest BCUT2D eigenvalue weighted by Crippen LogP contribution is 2.05. The van der Waals surface area contributed by atoms with Gasteiger partial charge in [-0.2, -0.15) is 4.98 Å². The molecule has 0 bridgehead atoms. The maximum absolute atomic E-state index is 11.4. The van der Waals surface area contributed by atoms with E-state index < -0.39 is 0 Å². The third kappa shape index (κ3) is 3.90. The molecular formula is C11H17N5O3. The molecule has 2 aromatic rings. The molecule has 0 radical (unpaired) electrons. The number of fused-ring (bicyclic) bond motifs is 1. The lowest BCUT2D eigenvalue weighted by molar-refractivity contribution is 0.0499. The summed E-state index contributed by atoms with van der Waals surface area (Å²) in [7, 11) is 0. The number of nitrogen functional groups attached to an aromatic ring is 1. The Hall–Kier alpha value is -2.19. The Morgan fingerprint density at radius 3 is 3.00 bits per heavy atom. The van der Waals surface area contributed by atoms with Crippen LogP contribution in [-0.4, -0.2) is 37.8 Å². The minimum absolute atomic E-state index is 0.0291. The highest BCUT2D eigenvalue weighted by molar-refractivity contribution is 5.70. The van der Waals surface area contributed by atoms with Gasteiger partial charge in [-0.1, -0.05) is 6.08 Å². The second kappa shape index (κ2) is 7.29. The first-order chi connectivity index (χ1) is 9.13. The molecule has 0 amide bonds. The van der Waals surface area contributed by atoms with E-state index in [4.69, 9.17) is 15.6 Å². The quantitative estimate of drug-likeness (QED) is 0.524. The number of hydrogen-bond donors (Lipinski definition) is 3. The predicted octanol–water partition coefficient (Wildman–Crippen LogP) is -0.140. The number of ether oxygens (including phenoxy) is 1. The molecule has 0 atom stereocenters. The normalized spacial score (nSPS) is 10.0. The number of aromatic nitrogens is 4. The van der Waals surface area contributed by atoms with E-state index in [9.17, 15) is 4.79 Å². The van der Waals surface area contributed by atoms with E-state index in [-0.39, 0.29) is 37.0 Å². The van der Waals surface area contributed by atoms with Crippen LogP contribution in [0.3, 0.4) is 0 Å². The molecule has 0 aliphatic heterocycles. The number of aliphatic hydroxyl groups excluding tert-OH is 1. The molecule has 19 heavy (non-hydrogen) atoms. The number of aliphatic hydroxyl groups is 1. The van der Waals surface area contributed by atoms with Gasteiger partial charge in [-0.3, -0.25) is 14.3 Å². The summed E-state index contributed by atoms with van der Waals surface area (Å²) in [4.78, 5) is 21.6. The van der Waals surface area contributed by atoms with Gasteiger partial charge >= 0.3 is 0 Å². The van der Waals surface area contributed by atoms with Crippen molar-refractivity contribution in [2.45, 2.75) is 13.7 Å². The lowest BCUT2D eigenvalue weighted by atomic mass is 10.5. The molecule has 0 saturated carbocycles. The molecule has 4 N–H and O–H groups in total. The fraction of sp³-hybridized carbons (Fsp3) is 0.364. The summed E-state index contributed by atoms with van der Waals surface area (Å²) in [5.74, 6) is 0.0291. The van der Waals surface area contributed by atoms with Crippen LogP contribution in [0.4, 0.5) is 5.95 Å². The number of nitrogens with two attached hydrogens (primary N) is 1. The largest absolute Gasteiger partial charge is 0.394 e. The second-order valence-corrected chi connectivity index (χ2v) is 3.51. The Morgan fingerprint density at radius 2 is 2.37 bits per heavy atom. The number of nitrogens with zero attached hydrogens (tertiary/aromatic N) is 3. The standard InChI is InChI=1S/C8H11N5O3.C3H6/c9-8-11-6-5(7(15)12-8)10-3-13(6)4-16-2-1-14;1-3-2/h3,14H,1-2,4H2,(H3,9,11,12,15);3H,1H2,2H3. The molecule has 0 aliphatic carbocycles. The van der Waals surface area contributed by atoms with Crippen LogP contribution < -0.4 is 11.3 Å². The molecule has 8 nitrogen and oxygen atoms in total. The first-order valence-corrected chi connectivity index (χ1v) is 5.60. The van der Waals surface area contributed by atoms with Crippen LogP contribution in [0.25, 0.3) is 11.2 Å². The zero-order valence-corrected chi connectivity index (χ0v) is 10.7. The highest BCUT2D eigenvalue weighted by Gasteiger charge is 2.08. The topological polar surface area (TPSA) is 119 Å². The van der Waals surface area contributed by atoms with Crippen LogP contribution in [0.2, 0.25) is 0 Å². The molecule has 104 valence electrons. The molecule has 0 aliphatic rings. The Kier molecular flexibility index (Phi) is 5.71. The molecule has 2 aromatic heterocycles. The maximum atomic E-state index is 11.4. The van der Waals surface area contributed by atoms with E-state index in [1.807, 2.05) is 6.92 Å². The van der Waals surface area contributed by atoms with Crippen molar-refractivity contribution in [1.29, 1.82) is 0 Å². The average Bonchev–Trinajstić information content (AvgIpc) is 2.74. The first kappa shape index (κ1) is 14.9. The van der Waals surface area contributed by atoms with Crippen molar-refractivity contribution in [3.8, 4) is 0 Å². The third-order valence-electron chi connectivity index (χ3n) is 1.96. The number of hydrogen-bond acceptors (Lipinski definition) is 6. The van der Waals surface area contributed by atoms with Gasteiger partial charge in [0, 0.05) is 0 Å². The van der Waals surface area contributed by atoms with Crippen molar-refractivity contribution in [2.75, 3.05) is 18.9 Å². The minimum Gasteiger partial charge on any atom is -0.394 e. The SMILES string of the molecule is C=CC.Nc1nc2c(ncn2COCCO)c(=O)[nH]1. The van der Waals surface area contributed by atoms with Crippen molar-refractivity contribution in [2.24, 2.45) is 0 Å². The molecule has 2 heterocycles. The van der Waals surface area contributed by atoms with Gasteiger partial charge in [0.2, 0.25) is 5.95 Å².